The number of nitrogens with zero attached hydrogens (tertiary/aromatic N) is 1. The molecule has 138 valence electrons. The van der Waals surface area contributed by atoms with Crippen LogP contribution < -0.4 is 14.8 Å². The molecule has 0 saturated carbocycles. The highest BCUT2D eigenvalue weighted by molar-refractivity contribution is 5.75. The summed E-state index contributed by atoms with van der Waals surface area (Å²) in [6, 6.07) is 5.81. The lowest BCUT2D eigenvalue weighted by atomic mass is 10.0. The van der Waals surface area contributed by atoms with Crippen molar-refractivity contribution in [1.82, 2.24) is 10.2 Å². The third-order valence-electron chi connectivity index (χ3n) is 5.19. The average molecular weight is 348 g/mol. The number of ether oxygens (including phenoxy) is 3. The molecule has 1 aromatic rings. The molecule has 1 N–H and O–H groups in total. The lowest BCUT2D eigenvalue weighted by Gasteiger charge is -2.29. The maximum atomic E-state index is 12.8. The molecule has 2 saturated heterocycles. The largest absolute Gasteiger partial charge is 0.497 e. The van der Waals surface area contributed by atoms with E-state index in [0.29, 0.717) is 0 Å². The first-order valence-corrected chi connectivity index (χ1v) is 9.04. The molecule has 3 rings (SSSR count). The fourth-order valence-electron chi connectivity index (χ4n) is 3.79. The molecule has 0 spiro atoms. The molecular formula is C19H28N2O4. The first-order chi connectivity index (χ1) is 12.1. The summed E-state index contributed by atoms with van der Waals surface area (Å²) in [6.45, 7) is 3.57. The van der Waals surface area contributed by atoms with Crippen LogP contribution in [0.15, 0.2) is 18.2 Å². The minimum atomic E-state index is -0.0247. The number of benzene rings is 1. The predicted molar refractivity (Wildman–Crippen MR) is 95.2 cm³/mol. The van der Waals surface area contributed by atoms with Crippen molar-refractivity contribution < 1.29 is 19.0 Å². The van der Waals surface area contributed by atoms with E-state index in [4.69, 9.17) is 14.2 Å². The van der Waals surface area contributed by atoms with Gasteiger partial charge in [0.05, 0.1) is 32.4 Å². The van der Waals surface area contributed by atoms with Crippen molar-refractivity contribution in [3.8, 4) is 11.5 Å². The zero-order valence-electron chi connectivity index (χ0n) is 15.3. The maximum absolute atomic E-state index is 12.8. The predicted octanol–water partition coefficient (Wildman–Crippen LogP) is 3.12. The van der Waals surface area contributed by atoms with Gasteiger partial charge in [-0.05, 0) is 44.7 Å². The van der Waals surface area contributed by atoms with Crippen molar-refractivity contribution in [3.63, 3.8) is 0 Å². The van der Waals surface area contributed by atoms with Crippen LogP contribution in [0.25, 0.3) is 0 Å². The topological polar surface area (TPSA) is 60.0 Å². The lowest BCUT2D eigenvalue weighted by molar-refractivity contribution is 0.0829. The Kier molecular flexibility index (Phi) is 5.68. The van der Waals surface area contributed by atoms with Crippen LogP contribution in [0, 0.1) is 0 Å². The molecule has 25 heavy (non-hydrogen) atoms. The molecule has 0 unspecified atom stereocenters. The Bertz CT molecular complexity index is 601. The average Bonchev–Trinajstić information content (AvgIpc) is 3.32. The molecule has 2 heterocycles. The molecule has 0 aliphatic carbocycles. The van der Waals surface area contributed by atoms with E-state index in [1.807, 2.05) is 30.0 Å². The minimum Gasteiger partial charge on any atom is -0.497 e. The van der Waals surface area contributed by atoms with Crippen LogP contribution >= 0.6 is 0 Å². The van der Waals surface area contributed by atoms with E-state index in [1.54, 1.807) is 14.2 Å². The number of hydrogen-bond donors (Lipinski definition) is 1. The zero-order valence-corrected chi connectivity index (χ0v) is 15.3. The van der Waals surface area contributed by atoms with Gasteiger partial charge in [0, 0.05) is 24.8 Å². The van der Waals surface area contributed by atoms with Crippen LogP contribution in [0.3, 0.4) is 0 Å². The number of methoxy groups -OCH3 is 2. The summed E-state index contributed by atoms with van der Waals surface area (Å²) in [4.78, 5) is 14.7. The van der Waals surface area contributed by atoms with Crippen molar-refractivity contribution in [2.75, 3.05) is 27.4 Å². The molecule has 0 radical (unpaired) electrons. The molecule has 0 bridgehead atoms. The molecule has 6 heteroatoms. The molecule has 1 aromatic carbocycles. The van der Waals surface area contributed by atoms with Crippen LogP contribution in [0.2, 0.25) is 0 Å². The van der Waals surface area contributed by atoms with Crippen molar-refractivity contribution >= 4 is 6.03 Å². The van der Waals surface area contributed by atoms with Gasteiger partial charge in [0.1, 0.15) is 11.5 Å². The fourth-order valence-corrected chi connectivity index (χ4v) is 3.79. The standard InChI is InChI=1S/C19H28N2O4/c1-13(17-7-5-11-25-17)20-19(22)21-10-4-6-16(21)15-9-8-14(23-2)12-18(15)24-3/h8-9,12-13,16-17H,4-7,10-11H2,1-3H3,(H,20,22)/t13-,16+,17-/m1/s1. The number of carbonyl (C=O) groups excluding carboxylic acids is 1. The summed E-state index contributed by atoms with van der Waals surface area (Å²) in [6.07, 6.45) is 4.13. The number of hydrogen-bond acceptors (Lipinski definition) is 4. The van der Waals surface area contributed by atoms with Crippen LogP contribution in [0.4, 0.5) is 4.79 Å². The van der Waals surface area contributed by atoms with E-state index in [0.717, 1.165) is 55.9 Å². The van der Waals surface area contributed by atoms with Gasteiger partial charge < -0.3 is 24.4 Å². The number of carbonyl (C=O) groups is 1. The Hall–Kier alpha value is -1.95. The van der Waals surface area contributed by atoms with Gasteiger partial charge in [0.15, 0.2) is 0 Å². The summed E-state index contributed by atoms with van der Waals surface area (Å²) in [5.41, 5.74) is 1.03. The van der Waals surface area contributed by atoms with E-state index in [1.165, 1.54) is 0 Å². The van der Waals surface area contributed by atoms with Crippen LogP contribution in [-0.2, 0) is 4.74 Å². The number of rotatable bonds is 5. The Morgan fingerprint density at radius 2 is 2.12 bits per heavy atom. The number of urea groups is 1. The van der Waals surface area contributed by atoms with Crippen molar-refractivity contribution in [1.29, 1.82) is 0 Å². The van der Waals surface area contributed by atoms with E-state index < -0.39 is 0 Å². The Balaban J connectivity index is 1.72. The van der Waals surface area contributed by atoms with Gasteiger partial charge in [-0.2, -0.15) is 0 Å². The quantitative estimate of drug-likeness (QED) is 0.888. The summed E-state index contributed by atoms with van der Waals surface area (Å²) in [5, 5.41) is 3.12. The first kappa shape index (κ1) is 17.9. The molecule has 2 fully saturated rings. The van der Waals surface area contributed by atoms with Crippen molar-refractivity contribution in [2.45, 2.75) is 50.8 Å². The fraction of sp³-hybridized carbons (Fsp3) is 0.632. The molecule has 2 aliphatic rings. The summed E-state index contributed by atoms with van der Waals surface area (Å²) in [5.74, 6) is 1.51. The highest BCUT2D eigenvalue weighted by Gasteiger charge is 2.34. The van der Waals surface area contributed by atoms with Gasteiger partial charge in [-0.25, -0.2) is 4.79 Å². The second-order valence-electron chi connectivity index (χ2n) is 6.75. The minimum absolute atomic E-state index is 0.0222. The lowest BCUT2D eigenvalue weighted by Crippen LogP contribution is -2.47. The summed E-state index contributed by atoms with van der Waals surface area (Å²) >= 11 is 0. The van der Waals surface area contributed by atoms with E-state index in [-0.39, 0.29) is 24.2 Å². The summed E-state index contributed by atoms with van der Waals surface area (Å²) in [7, 11) is 3.29. The van der Waals surface area contributed by atoms with Gasteiger partial charge in [-0.3, -0.25) is 0 Å². The van der Waals surface area contributed by atoms with Crippen molar-refractivity contribution in [3.05, 3.63) is 23.8 Å². The van der Waals surface area contributed by atoms with E-state index in [9.17, 15) is 4.79 Å². The van der Waals surface area contributed by atoms with Gasteiger partial charge in [0.25, 0.3) is 0 Å². The van der Waals surface area contributed by atoms with Crippen molar-refractivity contribution in [2.24, 2.45) is 0 Å². The molecule has 3 atom stereocenters. The Labute approximate surface area is 149 Å². The van der Waals surface area contributed by atoms with Gasteiger partial charge in [-0.15, -0.1) is 0 Å². The molecule has 2 aliphatic heterocycles. The monoisotopic (exact) mass is 348 g/mol. The third-order valence-corrected chi connectivity index (χ3v) is 5.19. The van der Waals surface area contributed by atoms with Crippen LogP contribution in [-0.4, -0.2) is 50.4 Å². The van der Waals surface area contributed by atoms with E-state index in [2.05, 4.69) is 5.32 Å². The molecular weight excluding hydrogens is 320 g/mol. The van der Waals surface area contributed by atoms with Crippen LogP contribution in [0.1, 0.15) is 44.2 Å². The second kappa shape index (κ2) is 7.95. The van der Waals surface area contributed by atoms with Gasteiger partial charge in [-0.1, -0.05) is 0 Å². The third kappa shape index (κ3) is 3.84. The Morgan fingerprint density at radius 3 is 2.80 bits per heavy atom. The smallest absolute Gasteiger partial charge is 0.318 e. The first-order valence-electron chi connectivity index (χ1n) is 9.04. The molecule has 0 aromatic heterocycles. The zero-order chi connectivity index (χ0) is 17.8. The second-order valence-corrected chi connectivity index (χ2v) is 6.75. The SMILES string of the molecule is COc1ccc([C@@H]2CCCN2C(=O)N[C@H](C)[C@H]2CCCO2)c(OC)c1. The van der Waals surface area contributed by atoms with Gasteiger partial charge in [0.2, 0.25) is 0 Å². The maximum Gasteiger partial charge on any atom is 0.318 e. The van der Waals surface area contributed by atoms with E-state index >= 15 is 0 Å². The molecule has 6 nitrogen and oxygen atoms in total. The number of amides is 2. The van der Waals surface area contributed by atoms with Crippen LogP contribution in [0.5, 0.6) is 11.5 Å². The highest BCUT2D eigenvalue weighted by Crippen LogP contribution is 2.38. The molecule has 2 amide bonds. The Morgan fingerprint density at radius 1 is 1.28 bits per heavy atom. The summed E-state index contributed by atoms with van der Waals surface area (Å²) < 4.78 is 16.5. The number of likely N-dealkylation sites (tertiary alicyclic amines) is 1. The number of nitrogens with one attached hydrogen (secondary N) is 1. The normalized spacial score (nSPS) is 24.2. The highest BCUT2D eigenvalue weighted by atomic mass is 16.5. The van der Waals surface area contributed by atoms with Gasteiger partial charge >= 0.3 is 6.03 Å².